The molecule has 17 heavy (non-hydrogen) atoms. The van der Waals surface area contributed by atoms with Crippen LogP contribution < -0.4 is 10.6 Å². The van der Waals surface area contributed by atoms with E-state index in [9.17, 15) is 4.79 Å². The van der Waals surface area contributed by atoms with Crippen LogP contribution in [0, 0.1) is 0 Å². The fourth-order valence-corrected chi connectivity index (χ4v) is 1.42. The number of urea groups is 1. The lowest BCUT2D eigenvalue weighted by Gasteiger charge is -2.13. The maximum Gasteiger partial charge on any atom is 0.314 e. The molecule has 2 amide bonds. The van der Waals surface area contributed by atoms with Crippen LogP contribution in [0.1, 0.15) is 19.8 Å². The number of aliphatic hydroxyl groups excluding tert-OH is 1. The monoisotopic (exact) mass is 240 g/mol. The minimum Gasteiger partial charge on any atom is -0.396 e. The first-order valence-electron chi connectivity index (χ1n) is 5.85. The molecule has 1 aromatic rings. The third kappa shape index (κ3) is 5.91. The van der Waals surface area contributed by atoms with Gasteiger partial charge in [0.05, 0.1) is 0 Å². The summed E-state index contributed by atoms with van der Waals surface area (Å²) in [6.45, 7) is 3.34. The number of carbonyl (C=O) groups is 1. The lowest BCUT2D eigenvalue weighted by atomic mass is 10.2. The number of hydrogen-bond acceptors (Lipinski definition) is 3. The zero-order valence-corrected chi connectivity index (χ0v) is 10.1. The first kappa shape index (κ1) is 13.5. The van der Waals surface area contributed by atoms with Crippen molar-refractivity contribution in [2.24, 2.45) is 0 Å². The van der Waals surface area contributed by atoms with Crippen molar-refractivity contribution < 1.29 is 9.90 Å². The second kappa shape index (κ2) is 7.67. The number of rotatable bonds is 7. The van der Waals surface area contributed by atoms with E-state index in [2.05, 4.69) is 15.7 Å². The van der Waals surface area contributed by atoms with Gasteiger partial charge in [0.1, 0.15) is 0 Å². The van der Waals surface area contributed by atoms with Gasteiger partial charge < -0.3 is 15.7 Å². The van der Waals surface area contributed by atoms with Crippen LogP contribution in [0.5, 0.6) is 0 Å². The molecule has 0 radical (unpaired) electrons. The average molecular weight is 240 g/mol. The molecule has 0 bridgehead atoms. The summed E-state index contributed by atoms with van der Waals surface area (Å²) in [5.74, 6) is 0. The van der Waals surface area contributed by atoms with Crippen LogP contribution in [0.2, 0.25) is 0 Å². The molecule has 0 aliphatic rings. The number of aryl methyl sites for hydroxylation is 1. The molecule has 0 spiro atoms. The van der Waals surface area contributed by atoms with E-state index in [1.54, 1.807) is 6.20 Å². The molecule has 6 nitrogen and oxygen atoms in total. The van der Waals surface area contributed by atoms with Crippen molar-refractivity contribution in [3.05, 3.63) is 18.5 Å². The Kier molecular flexibility index (Phi) is 6.09. The third-order valence-corrected chi connectivity index (χ3v) is 2.35. The van der Waals surface area contributed by atoms with Crippen molar-refractivity contribution in [3.8, 4) is 0 Å². The van der Waals surface area contributed by atoms with Gasteiger partial charge in [-0.05, 0) is 25.8 Å². The van der Waals surface area contributed by atoms with E-state index in [4.69, 9.17) is 5.11 Å². The molecule has 0 aliphatic carbocycles. The summed E-state index contributed by atoms with van der Waals surface area (Å²) in [5, 5.41) is 18.3. The summed E-state index contributed by atoms with van der Waals surface area (Å²) in [5.41, 5.74) is 0. The Balaban J connectivity index is 2.04. The normalized spacial score (nSPS) is 12.1. The Morgan fingerprint density at radius 3 is 3.06 bits per heavy atom. The van der Waals surface area contributed by atoms with Gasteiger partial charge in [-0.1, -0.05) is 0 Å². The first-order valence-corrected chi connectivity index (χ1v) is 5.85. The standard InChI is InChI=1S/C11H20N4O2/c1-10(4-9-16)14-11(17)12-5-2-7-15-8-3-6-13-15/h3,6,8,10,16H,2,4-5,7,9H2,1H3,(H2,12,14,17)/t10-/m1/s1. The highest BCUT2D eigenvalue weighted by Crippen LogP contribution is 1.89. The van der Waals surface area contributed by atoms with Crippen molar-refractivity contribution in [1.82, 2.24) is 20.4 Å². The molecule has 0 fully saturated rings. The highest BCUT2D eigenvalue weighted by Gasteiger charge is 2.05. The highest BCUT2D eigenvalue weighted by molar-refractivity contribution is 5.74. The minimum absolute atomic E-state index is 0.00823. The van der Waals surface area contributed by atoms with Crippen molar-refractivity contribution in [2.45, 2.75) is 32.4 Å². The zero-order valence-electron chi connectivity index (χ0n) is 10.1. The van der Waals surface area contributed by atoms with Crippen molar-refractivity contribution in [2.75, 3.05) is 13.2 Å². The maximum atomic E-state index is 11.4. The molecular weight excluding hydrogens is 220 g/mol. The quantitative estimate of drug-likeness (QED) is 0.601. The van der Waals surface area contributed by atoms with E-state index in [1.807, 2.05) is 23.9 Å². The SMILES string of the molecule is C[C@H](CCO)NC(=O)NCCCn1cccn1. The van der Waals surface area contributed by atoms with E-state index < -0.39 is 0 Å². The molecule has 96 valence electrons. The Morgan fingerprint density at radius 1 is 1.59 bits per heavy atom. The van der Waals surface area contributed by atoms with Gasteiger partial charge in [-0.2, -0.15) is 5.10 Å². The lowest BCUT2D eigenvalue weighted by molar-refractivity contribution is 0.230. The van der Waals surface area contributed by atoms with Gasteiger partial charge in [-0.25, -0.2) is 4.79 Å². The van der Waals surface area contributed by atoms with Crippen molar-refractivity contribution in [1.29, 1.82) is 0 Å². The largest absolute Gasteiger partial charge is 0.396 e. The molecule has 1 aromatic heterocycles. The molecule has 3 N–H and O–H groups in total. The molecule has 0 saturated heterocycles. The number of nitrogens with one attached hydrogen (secondary N) is 2. The molecule has 1 atom stereocenters. The molecule has 1 rings (SSSR count). The second-order valence-corrected chi connectivity index (χ2v) is 3.94. The number of amides is 2. The van der Waals surface area contributed by atoms with E-state index in [-0.39, 0.29) is 18.7 Å². The highest BCUT2D eigenvalue weighted by atomic mass is 16.3. The summed E-state index contributed by atoms with van der Waals surface area (Å²) in [4.78, 5) is 11.4. The number of aliphatic hydroxyl groups is 1. The Hall–Kier alpha value is -1.56. The van der Waals surface area contributed by atoms with Gasteiger partial charge in [0, 0.05) is 38.1 Å². The van der Waals surface area contributed by atoms with E-state index in [0.29, 0.717) is 13.0 Å². The van der Waals surface area contributed by atoms with Crippen LogP contribution in [0.25, 0.3) is 0 Å². The molecule has 0 saturated carbocycles. The zero-order chi connectivity index (χ0) is 12.5. The summed E-state index contributed by atoms with van der Waals surface area (Å²) in [6.07, 6.45) is 5.03. The van der Waals surface area contributed by atoms with Crippen molar-refractivity contribution >= 4 is 6.03 Å². The van der Waals surface area contributed by atoms with Gasteiger partial charge in [0.15, 0.2) is 0 Å². The predicted octanol–water partition coefficient (Wildman–Crippen LogP) is 0.343. The minimum atomic E-state index is -0.189. The summed E-state index contributed by atoms with van der Waals surface area (Å²) < 4.78 is 1.83. The van der Waals surface area contributed by atoms with Gasteiger partial charge in [0.25, 0.3) is 0 Å². The Morgan fingerprint density at radius 2 is 2.41 bits per heavy atom. The molecule has 0 aliphatic heterocycles. The number of hydrogen-bond donors (Lipinski definition) is 3. The van der Waals surface area contributed by atoms with Crippen LogP contribution in [0.15, 0.2) is 18.5 Å². The fraction of sp³-hybridized carbons (Fsp3) is 0.636. The molecular formula is C11H20N4O2. The van der Waals surface area contributed by atoms with Crippen molar-refractivity contribution in [3.63, 3.8) is 0 Å². The summed E-state index contributed by atoms with van der Waals surface area (Å²) >= 11 is 0. The van der Waals surface area contributed by atoms with E-state index >= 15 is 0 Å². The Bertz CT molecular complexity index is 313. The van der Waals surface area contributed by atoms with E-state index in [1.165, 1.54) is 0 Å². The number of nitrogens with zero attached hydrogens (tertiary/aromatic N) is 2. The maximum absolute atomic E-state index is 11.4. The second-order valence-electron chi connectivity index (χ2n) is 3.94. The van der Waals surface area contributed by atoms with Crippen LogP contribution in [-0.2, 0) is 6.54 Å². The molecule has 0 unspecified atom stereocenters. The summed E-state index contributed by atoms with van der Waals surface area (Å²) in [6, 6.07) is 1.68. The van der Waals surface area contributed by atoms with Crippen LogP contribution >= 0.6 is 0 Å². The Labute approximate surface area is 101 Å². The van der Waals surface area contributed by atoms with Crippen LogP contribution in [0.4, 0.5) is 4.79 Å². The lowest BCUT2D eigenvalue weighted by Crippen LogP contribution is -2.41. The van der Waals surface area contributed by atoms with Gasteiger partial charge in [0.2, 0.25) is 0 Å². The smallest absolute Gasteiger partial charge is 0.314 e. The van der Waals surface area contributed by atoms with Crippen LogP contribution in [-0.4, -0.2) is 40.1 Å². The van der Waals surface area contributed by atoms with E-state index in [0.717, 1.165) is 13.0 Å². The average Bonchev–Trinajstić information content (AvgIpc) is 2.77. The van der Waals surface area contributed by atoms with Gasteiger partial charge in [-0.15, -0.1) is 0 Å². The first-order chi connectivity index (χ1) is 8.22. The molecule has 0 aromatic carbocycles. The summed E-state index contributed by atoms with van der Waals surface area (Å²) in [7, 11) is 0. The fourth-order valence-electron chi connectivity index (χ4n) is 1.42. The predicted molar refractivity (Wildman–Crippen MR) is 64.5 cm³/mol. The topological polar surface area (TPSA) is 79.2 Å². The van der Waals surface area contributed by atoms with Gasteiger partial charge >= 0.3 is 6.03 Å². The number of aromatic nitrogens is 2. The third-order valence-electron chi connectivity index (χ3n) is 2.35. The van der Waals surface area contributed by atoms with Crippen LogP contribution in [0.3, 0.4) is 0 Å². The van der Waals surface area contributed by atoms with Gasteiger partial charge in [-0.3, -0.25) is 4.68 Å². The molecule has 6 heteroatoms. The number of carbonyl (C=O) groups excluding carboxylic acids is 1. The molecule has 1 heterocycles.